The predicted molar refractivity (Wildman–Crippen MR) is 136 cm³/mol. The van der Waals surface area contributed by atoms with Crippen molar-refractivity contribution in [1.82, 2.24) is 14.6 Å². The lowest BCUT2D eigenvalue weighted by molar-refractivity contribution is -0.138. The van der Waals surface area contributed by atoms with Crippen LogP contribution in [0.1, 0.15) is 21.6 Å². The van der Waals surface area contributed by atoms with Gasteiger partial charge in [0.2, 0.25) is 0 Å². The number of hydrogen-bond donors (Lipinski definition) is 5. The van der Waals surface area contributed by atoms with E-state index in [1.807, 2.05) is 0 Å². The summed E-state index contributed by atoms with van der Waals surface area (Å²) in [4.78, 5) is 41.1. The van der Waals surface area contributed by atoms with Crippen LogP contribution < -0.4 is 22.1 Å². The van der Waals surface area contributed by atoms with Crippen LogP contribution in [0.2, 0.25) is 10.0 Å². The van der Waals surface area contributed by atoms with E-state index >= 15 is 0 Å². The fourth-order valence-corrected chi connectivity index (χ4v) is 3.99. The summed E-state index contributed by atoms with van der Waals surface area (Å²) in [5, 5.41) is 19.2. The van der Waals surface area contributed by atoms with Crippen LogP contribution in [-0.2, 0) is 11.2 Å². The van der Waals surface area contributed by atoms with Crippen molar-refractivity contribution in [2.24, 2.45) is 5.73 Å². The molecule has 2 amide bonds. The molecule has 13 heteroatoms. The second-order valence-electron chi connectivity index (χ2n) is 7.72. The van der Waals surface area contributed by atoms with Crippen molar-refractivity contribution < 1.29 is 19.5 Å². The summed E-state index contributed by atoms with van der Waals surface area (Å²) in [7, 11) is 0. The van der Waals surface area contributed by atoms with E-state index in [4.69, 9.17) is 34.7 Å². The number of nitrogens with two attached hydrogens (primary N) is 2. The first-order chi connectivity index (χ1) is 17.1. The van der Waals surface area contributed by atoms with Gasteiger partial charge in [0.25, 0.3) is 0 Å². The Morgan fingerprint density at radius 1 is 1.08 bits per heavy atom. The lowest BCUT2D eigenvalue weighted by Crippen LogP contribution is -2.32. The van der Waals surface area contributed by atoms with Crippen LogP contribution in [0.3, 0.4) is 0 Å². The molecule has 1 atom stereocenters. The standard InChI is InChI=1S/C23H19Cl2N7O4/c24-12-4-5-18(16(25)7-12)31-23(36)30-13-3-1-2-11(6-13)20(33)15-8-14(9-17(26)22(34)35)32-19(15)21(27)28-10-29-32/h1-8,10,17H,9,26H2,(H,34,35)(H2,27,28,29)(H2,30,31,36)/t17-/m0/s1. The van der Waals surface area contributed by atoms with Crippen LogP contribution in [0.5, 0.6) is 0 Å². The predicted octanol–water partition coefficient (Wildman–Crippen LogP) is 3.45. The molecule has 2 aromatic carbocycles. The van der Waals surface area contributed by atoms with Crippen molar-refractivity contribution in [3.8, 4) is 0 Å². The number of ketones is 1. The molecule has 0 aliphatic rings. The summed E-state index contributed by atoms with van der Waals surface area (Å²) in [6.07, 6.45) is 1.11. The van der Waals surface area contributed by atoms with Gasteiger partial charge in [-0.1, -0.05) is 35.3 Å². The highest BCUT2D eigenvalue weighted by Gasteiger charge is 2.23. The molecule has 0 aliphatic heterocycles. The van der Waals surface area contributed by atoms with Gasteiger partial charge in [0.05, 0.1) is 16.3 Å². The Morgan fingerprint density at radius 3 is 2.58 bits per heavy atom. The van der Waals surface area contributed by atoms with E-state index in [2.05, 4.69) is 20.7 Å². The molecule has 11 nitrogen and oxygen atoms in total. The maximum Gasteiger partial charge on any atom is 0.323 e. The Balaban J connectivity index is 1.61. The van der Waals surface area contributed by atoms with Gasteiger partial charge in [0, 0.05) is 28.4 Å². The third kappa shape index (κ3) is 5.23. The molecule has 0 radical (unpaired) electrons. The van der Waals surface area contributed by atoms with Crippen LogP contribution in [0.4, 0.5) is 22.0 Å². The van der Waals surface area contributed by atoms with Gasteiger partial charge in [-0.15, -0.1) is 0 Å². The van der Waals surface area contributed by atoms with Gasteiger partial charge >= 0.3 is 12.0 Å². The van der Waals surface area contributed by atoms with Gasteiger partial charge in [-0.05, 0) is 36.4 Å². The van der Waals surface area contributed by atoms with Gasteiger partial charge in [-0.25, -0.2) is 14.3 Å². The zero-order valence-electron chi connectivity index (χ0n) is 18.4. The molecule has 0 saturated heterocycles. The number of carboxylic acid groups (broad SMARTS) is 1. The van der Waals surface area contributed by atoms with E-state index in [1.165, 1.54) is 29.0 Å². The number of aromatic nitrogens is 3. The van der Waals surface area contributed by atoms with Gasteiger partial charge in [0.1, 0.15) is 17.9 Å². The second-order valence-corrected chi connectivity index (χ2v) is 8.56. The molecule has 0 bridgehead atoms. The highest BCUT2D eigenvalue weighted by molar-refractivity contribution is 6.36. The fourth-order valence-electron chi connectivity index (χ4n) is 3.53. The number of anilines is 3. The Labute approximate surface area is 214 Å². The minimum Gasteiger partial charge on any atom is -0.480 e. The molecule has 0 unspecified atom stereocenters. The zero-order chi connectivity index (χ0) is 26.0. The van der Waals surface area contributed by atoms with Gasteiger partial charge in [-0.3, -0.25) is 9.59 Å². The molecule has 4 rings (SSSR count). The Hall–Kier alpha value is -4.19. The number of carbonyl (C=O) groups excluding carboxylic acids is 2. The number of hydrogen-bond acceptors (Lipinski definition) is 7. The van der Waals surface area contributed by atoms with Crippen molar-refractivity contribution in [3.05, 3.63) is 81.7 Å². The highest BCUT2D eigenvalue weighted by atomic mass is 35.5. The van der Waals surface area contributed by atoms with E-state index in [0.29, 0.717) is 22.1 Å². The molecule has 2 aromatic heterocycles. The molecule has 184 valence electrons. The number of rotatable bonds is 7. The fraction of sp³-hybridized carbons (Fsp3) is 0.0870. The van der Waals surface area contributed by atoms with Gasteiger partial charge in [0.15, 0.2) is 11.6 Å². The van der Waals surface area contributed by atoms with E-state index in [1.54, 1.807) is 30.3 Å². The van der Waals surface area contributed by atoms with Crippen LogP contribution in [0, 0.1) is 0 Å². The number of carboxylic acids is 1. The van der Waals surface area contributed by atoms with Crippen molar-refractivity contribution in [2.45, 2.75) is 12.5 Å². The summed E-state index contributed by atoms with van der Waals surface area (Å²) in [5.74, 6) is -1.59. The SMILES string of the molecule is Nc1ncnn2c(C[C@H](N)C(=O)O)cc(C(=O)c3cccc(NC(=O)Nc4ccc(Cl)cc4Cl)c3)c12. The van der Waals surface area contributed by atoms with E-state index in [0.717, 1.165) is 0 Å². The third-order valence-corrected chi connectivity index (χ3v) is 5.76. The van der Waals surface area contributed by atoms with Gasteiger partial charge < -0.3 is 27.2 Å². The van der Waals surface area contributed by atoms with Crippen LogP contribution >= 0.6 is 23.2 Å². The summed E-state index contributed by atoms with van der Waals surface area (Å²) in [5.41, 5.74) is 13.4. The number of urea groups is 1. The van der Waals surface area contributed by atoms with Crippen LogP contribution in [0.25, 0.3) is 5.52 Å². The van der Waals surface area contributed by atoms with E-state index in [-0.39, 0.29) is 33.9 Å². The molecule has 0 spiro atoms. The lowest BCUT2D eigenvalue weighted by Gasteiger charge is -2.10. The number of amides is 2. The highest BCUT2D eigenvalue weighted by Crippen LogP contribution is 2.27. The largest absolute Gasteiger partial charge is 0.480 e. The Morgan fingerprint density at radius 2 is 1.86 bits per heavy atom. The van der Waals surface area contributed by atoms with Crippen LogP contribution in [0.15, 0.2) is 54.9 Å². The minimum absolute atomic E-state index is 0.0389. The summed E-state index contributed by atoms with van der Waals surface area (Å²) in [6.45, 7) is 0. The molecule has 4 aromatic rings. The van der Waals surface area contributed by atoms with E-state index in [9.17, 15) is 19.5 Å². The number of carbonyl (C=O) groups is 3. The monoisotopic (exact) mass is 527 g/mol. The first kappa shape index (κ1) is 24.9. The van der Waals surface area contributed by atoms with Crippen molar-refractivity contribution in [3.63, 3.8) is 0 Å². The third-order valence-electron chi connectivity index (χ3n) is 5.21. The summed E-state index contributed by atoms with van der Waals surface area (Å²) < 4.78 is 1.35. The molecule has 0 fully saturated rings. The normalized spacial score (nSPS) is 11.8. The zero-order valence-corrected chi connectivity index (χ0v) is 19.9. The number of aliphatic carboxylic acids is 1. The summed E-state index contributed by atoms with van der Waals surface area (Å²) >= 11 is 12.0. The molecule has 0 aliphatic carbocycles. The van der Waals surface area contributed by atoms with Crippen LogP contribution in [-0.4, -0.2) is 43.5 Å². The topological polar surface area (TPSA) is 178 Å². The molecular weight excluding hydrogens is 509 g/mol. The summed E-state index contributed by atoms with van der Waals surface area (Å²) in [6, 6.07) is 10.6. The molecule has 0 saturated carbocycles. The number of halogens is 2. The van der Waals surface area contributed by atoms with Crippen molar-refractivity contribution >= 4 is 63.7 Å². The maximum atomic E-state index is 13.4. The second kappa shape index (κ2) is 10.2. The maximum absolute atomic E-state index is 13.4. The molecule has 2 heterocycles. The van der Waals surface area contributed by atoms with Crippen molar-refractivity contribution in [1.29, 1.82) is 0 Å². The number of nitrogen functional groups attached to an aromatic ring is 1. The van der Waals surface area contributed by atoms with E-state index < -0.39 is 23.8 Å². The number of benzene rings is 2. The Kier molecular flexibility index (Phi) is 7.06. The van der Waals surface area contributed by atoms with Gasteiger partial charge in [-0.2, -0.15) is 5.10 Å². The number of fused-ring (bicyclic) bond motifs is 1. The Bertz CT molecular complexity index is 1510. The average Bonchev–Trinajstić information content (AvgIpc) is 3.20. The van der Waals surface area contributed by atoms with Crippen molar-refractivity contribution in [2.75, 3.05) is 16.4 Å². The average molecular weight is 528 g/mol. The first-order valence-electron chi connectivity index (χ1n) is 10.4. The molecule has 36 heavy (non-hydrogen) atoms. The smallest absolute Gasteiger partial charge is 0.323 e. The molecular formula is C23H19Cl2N7O4. The molecule has 7 N–H and O–H groups in total. The minimum atomic E-state index is -1.21. The number of nitrogens with zero attached hydrogens (tertiary/aromatic N) is 3. The first-order valence-corrected chi connectivity index (χ1v) is 11.2. The number of nitrogens with one attached hydrogen (secondary N) is 2. The lowest BCUT2D eigenvalue weighted by atomic mass is 10.0. The quantitative estimate of drug-likeness (QED) is 0.226.